The number of para-hydroxylation sites is 2. The number of nitrogens with zero attached hydrogens (tertiary/aromatic N) is 2. The molecule has 3 N–H and O–H groups in total. The third kappa shape index (κ3) is 2.68. The monoisotopic (exact) mass is 244 g/mol. The molecule has 0 bridgehead atoms. The van der Waals surface area contributed by atoms with Crippen molar-refractivity contribution in [1.82, 2.24) is 9.97 Å². The van der Waals surface area contributed by atoms with Gasteiger partial charge >= 0.3 is 0 Å². The summed E-state index contributed by atoms with van der Waals surface area (Å²) in [5.41, 5.74) is 6.58. The van der Waals surface area contributed by atoms with Crippen molar-refractivity contribution < 1.29 is 4.74 Å². The van der Waals surface area contributed by atoms with Gasteiger partial charge < -0.3 is 15.8 Å². The SMILES string of the molecule is CCc1nc(N)cc(Nc2ccccc2OC)n1. The summed E-state index contributed by atoms with van der Waals surface area (Å²) in [6, 6.07) is 9.34. The van der Waals surface area contributed by atoms with Crippen LogP contribution in [0.25, 0.3) is 0 Å². The molecule has 94 valence electrons. The molecule has 0 saturated heterocycles. The van der Waals surface area contributed by atoms with Gasteiger partial charge in [0.2, 0.25) is 0 Å². The zero-order valence-corrected chi connectivity index (χ0v) is 10.5. The maximum atomic E-state index is 5.74. The zero-order valence-electron chi connectivity index (χ0n) is 10.5. The van der Waals surface area contributed by atoms with E-state index in [0.29, 0.717) is 17.5 Å². The number of nitrogen functional groups attached to an aromatic ring is 1. The average molecular weight is 244 g/mol. The second kappa shape index (κ2) is 5.35. The van der Waals surface area contributed by atoms with E-state index in [4.69, 9.17) is 10.5 Å². The summed E-state index contributed by atoms with van der Waals surface area (Å²) >= 11 is 0. The van der Waals surface area contributed by atoms with Crippen molar-refractivity contribution in [2.24, 2.45) is 0 Å². The number of ether oxygens (including phenoxy) is 1. The number of aromatic nitrogens is 2. The first-order chi connectivity index (χ1) is 8.72. The summed E-state index contributed by atoms with van der Waals surface area (Å²) in [7, 11) is 1.63. The first kappa shape index (κ1) is 12.2. The van der Waals surface area contributed by atoms with Crippen LogP contribution < -0.4 is 15.8 Å². The van der Waals surface area contributed by atoms with E-state index in [9.17, 15) is 0 Å². The van der Waals surface area contributed by atoms with Gasteiger partial charge in [0.15, 0.2) is 0 Å². The van der Waals surface area contributed by atoms with Crippen LogP contribution in [0.1, 0.15) is 12.7 Å². The van der Waals surface area contributed by atoms with E-state index in [1.54, 1.807) is 13.2 Å². The second-order valence-electron chi connectivity index (χ2n) is 3.77. The molecule has 1 aromatic heterocycles. The molecule has 0 aliphatic carbocycles. The first-order valence-electron chi connectivity index (χ1n) is 5.76. The van der Waals surface area contributed by atoms with Crippen LogP contribution in [0.4, 0.5) is 17.3 Å². The molecule has 5 heteroatoms. The molecule has 0 spiro atoms. The Kier molecular flexibility index (Phi) is 3.62. The van der Waals surface area contributed by atoms with Gasteiger partial charge in [-0.2, -0.15) is 0 Å². The highest BCUT2D eigenvalue weighted by atomic mass is 16.5. The molecular weight excluding hydrogens is 228 g/mol. The van der Waals surface area contributed by atoms with Crippen LogP contribution in [0.5, 0.6) is 5.75 Å². The molecule has 0 saturated carbocycles. The lowest BCUT2D eigenvalue weighted by atomic mass is 10.3. The topological polar surface area (TPSA) is 73.1 Å². The molecule has 5 nitrogen and oxygen atoms in total. The normalized spacial score (nSPS) is 10.1. The number of hydrogen-bond donors (Lipinski definition) is 2. The average Bonchev–Trinajstić information content (AvgIpc) is 2.38. The largest absolute Gasteiger partial charge is 0.495 e. The molecule has 0 aliphatic rings. The Hall–Kier alpha value is -2.30. The summed E-state index contributed by atoms with van der Waals surface area (Å²) < 4.78 is 5.27. The number of nitrogens with two attached hydrogens (primary N) is 1. The quantitative estimate of drug-likeness (QED) is 0.863. The molecule has 2 aromatic rings. The van der Waals surface area contributed by atoms with E-state index in [0.717, 1.165) is 17.9 Å². The fourth-order valence-corrected chi connectivity index (χ4v) is 1.63. The standard InChI is InChI=1S/C13H16N4O/c1-3-12-16-11(14)8-13(17-12)15-9-6-4-5-7-10(9)18-2/h4-8H,3H2,1-2H3,(H3,14,15,16,17). The molecule has 0 atom stereocenters. The smallest absolute Gasteiger partial charge is 0.142 e. The molecular formula is C13H16N4O. The van der Waals surface area contributed by atoms with Gasteiger partial charge in [-0.15, -0.1) is 0 Å². The van der Waals surface area contributed by atoms with Crippen molar-refractivity contribution >= 4 is 17.3 Å². The molecule has 0 aliphatic heterocycles. The Morgan fingerprint density at radius 1 is 1.28 bits per heavy atom. The van der Waals surface area contributed by atoms with Crippen LogP contribution in [-0.2, 0) is 6.42 Å². The maximum Gasteiger partial charge on any atom is 0.142 e. The number of benzene rings is 1. The minimum atomic E-state index is 0.458. The number of rotatable bonds is 4. The summed E-state index contributed by atoms with van der Waals surface area (Å²) in [5, 5.41) is 3.18. The third-order valence-corrected chi connectivity index (χ3v) is 2.48. The first-order valence-corrected chi connectivity index (χ1v) is 5.76. The van der Waals surface area contributed by atoms with E-state index >= 15 is 0 Å². The predicted octanol–water partition coefficient (Wildman–Crippen LogP) is 2.37. The van der Waals surface area contributed by atoms with Crippen molar-refractivity contribution in [3.05, 3.63) is 36.2 Å². The molecule has 1 aromatic carbocycles. The number of methoxy groups -OCH3 is 1. The molecule has 0 unspecified atom stereocenters. The fraction of sp³-hybridized carbons (Fsp3) is 0.231. The minimum Gasteiger partial charge on any atom is -0.495 e. The van der Waals surface area contributed by atoms with Gasteiger partial charge in [-0.1, -0.05) is 19.1 Å². The zero-order chi connectivity index (χ0) is 13.0. The highest BCUT2D eigenvalue weighted by molar-refractivity contribution is 5.65. The van der Waals surface area contributed by atoms with Crippen molar-refractivity contribution in [3.63, 3.8) is 0 Å². The molecule has 2 rings (SSSR count). The van der Waals surface area contributed by atoms with Gasteiger partial charge in [-0.3, -0.25) is 0 Å². The minimum absolute atomic E-state index is 0.458. The van der Waals surface area contributed by atoms with Crippen LogP contribution in [0.15, 0.2) is 30.3 Å². The Labute approximate surface area is 106 Å². The van der Waals surface area contributed by atoms with Gasteiger partial charge in [0.1, 0.15) is 23.2 Å². The van der Waals surface area contributed by atoms with Crippen molar-refractivity contribution in [3.8, 4) is 5.75 Å². The molecule has 0 fully saturated rings. The fourth-order valence-electron chi connectivity index (χ4n) is 1.63. The van der Waals surface area contributed by atoms with E-state index in [1.807, 2.05) is 31.2 Å². The van der Waals surface area contributed by atoms with Crippen LogP contribution in [0.2, 0.25) is 0 Å². The van der Waals surface area contributed by atoms with Gasteiger partial charge in [0, 0.05) is 12.5 Å². The van der Waals surface area contributed by atoms with Gasteiger partial charge in [-0.05, 0) is 12.1 Å². The van der Waals surface area contributed by atoms with Gasteiger partial charge in [0.05, 0.1) is 12.8 Å². The van der Waals surface area contributed by atoms with E-state index in [-0.39, 0.29) is 0 Å². The van der Waals surface area contributed by atoms with Crippen LogP contribution in [-0.4, -0.2) is 17.1 Å². The maximum absolute atomic E-state index is 5.74. The number of aryl methyl sites for hydroxylation is 1. The lowest BCUT2D eigenvalue weighted by Gasteiger charge is -2.11. The summed E-state index contributed by atoms with van der Waals surface area (Å²) in [6.07, 6.45) is 0.742. The lowest BCUT2D eigenvalue weighted by molar-refractivity contribution is 0.417. The number of anilines is 3. The third-order valence-electron chi connectivity index (χ3n) is 2.48. The van der Waals surface area contributed by atoms with E-state index < -0.39 is 0 Å². The van der Waals surface area contributed by atoms with E-state index in [2.05, 4.69) is 15.3 Å². The van der Waals surface area contributed by atoms with Crippen molar-refractivity contribution in [1.29, 1.82) is 0 Å². The Morgan fingerprint density at radius 3 is 2.78 bits per heavy atom. The second-order valence-corrected chi connectivity index (χ2v) is 3.77. The molecule has 18 heavy (non-hydrogen) atoms. The molecule has 1 heterocycles. The van der Waals surface area contributed by atoms with E-state index in [1.165, 1.54) is 0 Å². The number of hydrogen-bond acceptors (Lipinski definition) is 5. The van der Waals surface area contributed by atoms with Crippen molar-refractivity contribution in [2.45, 2.75) is 13.3 Å². The van der Waals surface area contributed by atoms with Crippen LogP contribution in [0.3, 0.4) is 0 Å². The summed E-state index contributed by atoms with van der Waals surface area (Å²) in [6.45, 7) is 1.99. The lowest BCUT2D eigenvalue weighted by Crippen LogP contribution is -2.03. The van der Waals surface area contributed by atoms with Crippen LogP contribution in [0, 0.1) is 0 Å². The predicted molar refractivity (Wildman–Crippen MR) is 72.1 cm³/mol. The Morgan fingerprint density at radius 2 is 2.06 bits per heavy atom. The van der Waals surface area contributed by atoms with Gasteiger partial charge in [0.25, 0.3) is 0 Å². The summed E-state index contributed by atoms with van der Waals surface area (Å²) in [5.74, 6) is 2.60. The van der Waals surface area contributed by atoms with Crippen molar-refractivity contribution in [2.75, 3.05) is 18.2 Å². The number of nitrogens with one attached hydrogen (secondary N) is 1. The van der Waals surface area contributed by atoms with Gasteiger partial charge in [-0.25, -0.2) is 9.97 Å². The van der Waals surface area contributed by atoms with Crippen LogP contribution >= 0.6 is 0 Å². The molecule has 0 radical (unpaired) electrons. The Balaban J connectivity index is 2.30. The highest BCUT2D eigenvalue weighted by Gasteiger charge is 2.05. The highest BCUT2D eigenvalue weighted by Crippen LogP contribution is 2.26. The summed E-state index contributed by atoms with van der Waals surface area (Å²) in [4.78, 5) is 8.50. The molecule has 0 amide bonds. The Bertz CT molecular complexity index is 542.